The van der Waals surface area contributed by atoms with Gasteiger partial charge in [-0.1, -0.05) is 6.92 Å². The standard InChI is InChI=1S/C11H13N5OS/c1-2-7-3-15-10(18-7)6-16-11(17)8-4-14-9(12)5-13-8/h3-5H,2,6H2,1H3,(H2,12,14)(H,16,17). The fourth-order valence-electron chi connectivity index (χ4n) is 1.29. The Morgan fingerprint density at radius 2 is 2.17 bits per heavy atom. The zero-order chi connectivity index (χ0) is 13.0. The van der Waals surface area contributed by atoms with Crippen molar-refractivity contribution in [2.75, 3.05) is 5.73 Å². The van der Waals surface area contributed by atoms with Crippen molar-refractivity contribution < 1.29 is 4.79 Å². The summed E-state index contributed by atoms with van der Waals surface area (Å²) in [6, 6.07) is 0. The molecule has 0 aromatic carbocycles. The molecule has 0 unspecified atom stereocenters. The molecule has 0 bridgehead atoms. The number of amides is 1. The molecule has 2 heterocycles. The molecule has 1 amide bonds. The summed E-state index contributed by atoms with van der Waals surface area (Å²) in [5.74, 6) is 0.00908. The van der Waals surface area contributed by atoms with Crippen LogP contribution in [0.3, 0.4) is 0 Å². The van der Waals surface area contributed by atoms with Crippen molar-refractivity contribution >= 4 is 23.1 Å². The van der Waals surface area contributed by atoms with E-state index in [1.807, 2.05) is 6.20 Å². The fraction of sp³-hybridized carbons (Fsp3) is 0.273. The normalized spacial score (nSPS) is 10.3. The lowest BCUT2D eigenvalue weighted by molar-refractivity contribution is 0.0945. The Morgan fingerprint density at radius 1 is 1.33 bits per heavy atom. The van der Waals surface area contributed by atoms with Gasteiger partial charge in [-0.05, 0) is 6.42 Å². The van der Waals surface area contributed by atoms with Gasteiger partial charge in [0.1, 0.15) is 16.5 Å². The van der Waals surface area contributed by atoms with E-state index in [1.165, 1.54) is 17.3 Å². The molecule has 6 nitrogen and oxygen atoms in total. The summed E-state index contributed by atoms with van der Waals surface area (Å²) in [6.07, 6.45) is 5.49. The Morgan fingerprint density at radius 3 is 2.78 bits per heavy atom. The van der Waals surface area contributed by atoms with Gasteiger partial charge < -0.3 is 11.1 Å². The van der Waals surface area contributed by atoms with Crippen LogP contribution in [0.15, 0.2) is 18.6 Å². The minimum atomic E-state index is -0.282. The monoisotopic (exact) mass is 263 g/mol. The number of carbonyl (C=O) groups is 1. The largest absolute Gasteiger partial charge is 0.382 e. The molecule has 0 saturated heterocycles. The molecule has 0 radical (unpaired) electrons. The summed E-state index contributed by atoms with van der Waals surface area (Å²) in [5, 5.41) is 3.62. The van der Waals surface area contributed by atoms with E-state index in [-0.39, 0.29) is 11.6 Å². The molecule has 3 N–H and O–H groups in total. The predicted molar refractivity (Wildman–Crippen MR) is 69.1 cm³/mol. The fourth-order valence-corrected chi connectivity index (χ4v) is 2.10. The SMILES string of the molecule is CCc1cnc(CNC(=O)c2cnc(N)cn2)s1. The molecule has 0 aliphatic rings. The summed E-state index contributed by atoms with van der Waals surface area (Å²) in [5.41, 5.74) is 5.64. The van der Waals surface area contributed by atoms with Gasteiger partial charge in [-0.25, -0.2) is 15.0 Å². The molecule has 94 valence electrons. The van der Waals surface area contributed by atoms with E-state index in [1.54, 1.807) is 11.3 Å². The number of nitrogens with zero attached hydrogens (tertiary/aromatic N) is 3. The lowest BCUT2D eigenvalue weighted by Crippen LogP contribution is -2.23. The minimum absolute atomic E-state index is 0.247. The van der Waals surface area contributed by atoms with Gasteiger partial charge in [-0.3, -0.25) is 4.79 Å². The van der Waals surface area contributed by atoms with Crippen molar-refractivity contribution in [1.29, 1.82) is 0 Å². The highest BCUT2D eigenvalue weighted by atomic mass is 32.1. The molecule has 0 aliphatic carbocycles. The molecule has 0 saturated carbocycles. The van der Waals surface area contributed by atoms with Crippen molar-refractivity contribution in [1.82, 2.24) is 20.3 Å². The summed E-state index contributed by atoms with van der Waals surface area (Å²) in [7, 11) is 0. The molecule has 0 fully saturated rings. The van der Waals surface area contributed by atoms with Crippen LogP contribution in [0.4, 0.5) is 5.82 Å². The average molecular weight is 263 g/mol. The first-order chi connectivity index (χ1) is 8.69. The quantitative estimate of drug-likeness (QED) is 0.858. The molecule has 0 atom stereocenters. The molecule has 0 spiro atoms. The number of nitrogens with two attached hydrogens (primary N) is 1. The summed E-state index contributed by atoms with van der Waals surface area (Å²) >= 11 is 1.59. The van der Waals surface area contributed by atoms with E-state index >= 15 is 0 Å². The molecule has 2 rings (SSSR count). The number of nitrogens with one attached hydrogen (secondary N) is 1. The van der Waals surface area contributed by atoms with Gasteiger partial charge in [0.25, 0.3) is 5.91 Å². The third-order valence-electron chi connectivity index (χ3n) is 2.25. The second-order valence-corrected chi connectivity index (χ2v) is 4.78. The summed E-state index contributed by atoms with van der Waals surface area (Å²) < 4.78 is 0. The zero-order valence-electron chi connectivity index (χ0n) is 9.88. The number of rotatable bonds is 4. The number of nitrogen functional groups attached to an aromatic ring is 1. The number of hydrogen-bond acceptors (Lipinski definition) is 6. The maximum Gasteiger partial charge on any atom is 0.271 e. The maximum atomic E-state index is 11.7. The van der Waals surface area contributed by atoms with E-state index < -0.39 is 0 Å². The van der Waals surface area contributed by atoms with Gasteiger partial charge in [0, 0.05) is 11.1 Å². The average Bonchev–Trinajstić information content (AvgIpc) is 2.85. The third-order valence-corrected chi connectivity index (χ3v) is 3.40. The van der Waals surface area contributed by atoms with Gasteiger partial charge in [0.05, 0.1) is 18.9 Å². The van der Waals surface area contributed by atoms with Crippen LogP contribution in [0.25, 0.3) is 0 Å². The summed E-state index contributed by atoms with van der Waals surface area (Å²) in [6.45, 7) is 2.47. The highest BCUT2D eigenvalue weighted by molar-refractivity contribution is 7.11. The predicted octanol–water partition coefficient (Wildman–Crippen LogP) is 1.01. The highest BCUT2D eigenvalue weighted by Crippen LogP contribution is 2.12. The second-order valence-electron chi connectivity index (χ2n) is 3.58. The van der Waals surface area contributed by atoms with Crippen LogP contribution in [0.2, 0.25) is 0 Å². The van der Waals surface area contributed by atoms with Crippen molar-refractivity contribution in [2.24, 2.45) is 0 Å². The van der Waals surface area contributed by atoms with Crippen LogP contribution < -0.4 is 11.1 Å². The second kappa shape index (κ2) is 5.54. The highest BCUT2D eigenvalue weighted by Gasteiger charge is 2.08. The van der Waals surface area contributed by atoms with Crippen LogP contribution in [0.5, 0.6) is 0 Å². The summed E-state index contributed by atoms with van der Waals surface area (Å²) in [4.78, 5) is 24.9. The smallest absolute Gasteiger partial charge is 0.271 e. The first-order valence-electron chi connectivity index (χ1n) is 5.48. The van der Waals surface area contributed by atoms with Crippen LogP contribution in [0.1, 0.15) is 27.3 Å². The van der Waals surface area contributed by atoms with Crippen molar-refractivity contribution in [3.05, 3.63) is 34.2 Å². The lowest BCUT2D eigenvalue weighted by atomic mass is 10.4. The van der Waals surface area contributed by atoms with Crippen LogP contribution >= 0.6 is 11.3 Å². The van der Waals surface area contributed by atoms with Crippen molar-refractivity contribution in [2.45, 2.75) is 19.9 Å². The van der Waals surface area contributed by atoms with Gasteiger partial charge >= 0.3 is 0 Å². The number of hydrogen-bond donors (Lipinski definition) is 2. The van der Waals surface area contributed by atoms with E-state index in [2.05, 4.69) is 27.2 Å². The van der Waals surface area contributed by atoms with Gasteiger partial charge in [-0.15, -0.1) is 11.3 Å². The number of anilines is 1. The van der Waals surface area contributed by atoms with Gasteiger partial charge in [-0.2, -0.15) is 0 Å². The van der Waals surface area contributed by atoms with E-state index in [9.17, 15) is 4.79 Å². The van der Waals surface area contributed by atoms with Crippen LogP contribution in [0, 0.1) is 0 Å². The molecule has 0 aliphatic heterocycles. The zero-order valence-corrected chi connectivity index (χ0v) is 10.7. The topological polar surface area (TPSA) is 93.8 Å². The van der Waals surface area contributed by atoms with E-state index in [0.29, 0.717) is 12.4 Å². The van der Waals surface area contributed by atoms with E-state index in [0.717, 1.165) is 11.4 Å². The Kier molecular flexibility index (Phi) is 3.83. The van der Waals surface area contributed by atoms with E-state index in [4.69, 9.17) is 5.73 Å². The molecular formula is C11H13N5OS. The maximum absolute atomic E-state index is 11.7. The molecule has 2 aromatic rings. The third kappa shape index (κ3) is 3.01. The number of carbonyl (C=O) groups excluding carboxylic acids is 1. The molecule has 7 heteroatoms. The Hall–Kier alpha value is -2.02. The van der Waals surface area contributed by atoms with Crippen LogP contribution in [-0.2, 0) is 13.0 Å². The number of aryl methyl sites for hydroxylation is 1. The molecule has 18 heavy (non-hydrogen) atoms. The first-order valence-corrected chi connectivity index (χ1v) is 6.30. The van der Waals surface area contributed by atoms with Gasteiger partial charge in [0.15, 0.2) is 0 Å². The Balaban J connectivity index is 1.93. The van der Waals surface area contributed by atoms with Crippen molar-refractivity contribution in [3.8, 4) is 0 Å². The first kappa shape index (κ1) is 12.4. The van der Waals surface area contributed by atoms with Crippen LogP contribution in [-0.4, -0.2) is 20.9 Å². The Bertz CT molecular complexity index is 537. The molecule has 2 aromatic heterocycles. The van der Waals surface area contributed by atoms with Crippen molar-refractivity contribution in [3.63, 3.8) is 0 Å². The lowest BCUT2D eigenvalue weighted by Gasteiger charge is -2.01. The Labute approximate surface area is 108 Å². The number of thiazole rings is 1. The van der Waals surface area contributed by atoms with Gasteiger partial charge in [0.2, 0.25) is 0 Å². The minimum Gasteiger partial charge on any atom is -0.382 e. The molecular weight excluding hydrogens is 250 g/mol. The number of aromatic nitrogens is 3.